The highest BCUT2D eigenvalue weighted by atomic mass is 14.4. The standard InChI is InChI=1S/C24H44/c1-19-7-5-3-4-6-8-21(11-9-19)16-24-14-13-22-15-20(2)10-12-23(17-22)18-24/h19-24H,3-18H2,1-2H3. The highest BCUT2D eigenvalue weighted by molar-refractivity contribution is 4.82. The molecular weight excluding hydrogens is 288 g/mol. The molecule has 0 spiro atoms. The van der Waals surface area contributed by atoms with Crippen molar-refractivity contribution in [3.8, 4) is 0 Å². The summed E-state index contributed by atoms with van der Waals surface area (Å²) in [5.74, 6) is 6.32. The molecule has 3 rings (SSSR count). The average Bonchev–Trinajstić information content (AvgIpc) is 2.86. The van der Waals surface area contributed by atoms with Crippen molar-refractivity contribution < 1.29 is 0 Å². The summed E-state index contributed by atoms with van der Waals surface area (Å²) in [4.78, 5) is 0. The highest BCUT2D eigenvalue weighted by Gasteiger charge is 2.30. The largest absolute Gasteiger partial charge is 0.0625 e. The van der Waals surface area contributed by atoms with Gasteiger partial charge in [0.1, 0.15) is 0 Å². The molecule has 6 atom stereocenters. The first-order valence-corrected chi connectivity index (χ1v) is 11.7. The van der Waals surface area contributed by atoms with Crippen LogP contribution in [-0.2, 0) is 0 Å². The zero-order valence-corrected chi connectivity index (χ0v) is 16.8. The van der Waals surface area contributed by atoms with Crippen molar-refractivity contribution in [1.82, 2.24) is 0 Å². The topological polar surface area (TPSA) is 0 Å². The van der Waals surface area contributed by atoms with Gasteiger partial charge in [0, 0.05) is 0 Å². The summed E-state index contributed by atoms with van der Waals surface area (Å²) in [7, 11) is 0. The number of hydrogen-bond acceptors (Lipinski definition) is 0. The minimum absolute atomic E-state index is 0.990. The summed E-state index contributed by atoms with van der Waals surface area (Å²) in [5.41, 5.74) is 0. The number of hydrogen-bond donors (Lipinski definition) is 0. The van der Waals surface area contributed by atoms with Crippen molar-refractivity contribution in [1.29, 1.82) is 0 Å². The molecule has 3 aliphatic rings. The molecule has 0 aromatic carbocycles. The van der Waals surface area contributed by atoms with Gasteiger partial charge in [-0.2, -0.15) is 0 Å². The van der Waals surface area contributed by atoms with E-state index in [-0.39, 0.29) is 0 Å². The summed E-state index contributed by atoms with van der Waals surface area (Å²) < 4.78 is 0. The Morgan fingerprint density at radius 2 is 1.17 bits per heavy atom. The Hall–Kier alpha value is 0. The van der Waals surface area contributed by atoms with Gasteiger partial charge in [-0.05, 0) is 61.2 Å². The van der Waals surface area contributed by atoms with Crippen LogP contribution in [0.3, 0.4) is 0 Å². The van der Waals surface area contributed by atoms with E-state index in [2.05, 4.69) is 13.8 Å². The first-order chi connectivity index (χ1) is 11.7. The van der Waals surface area contributed by atoms with Crippen LogP contribution in [-0.4, -0.2) is 0 Å². The smallest absolute Gasteiger partial charge is 0.0409 e. The van der Waals surface area contributed by atoms with Gasteiger partial charge < -0.3 is 0 Å². The van der Waals surface area contributed by atoms with Crippen molar-refractivity contribution in [3.63, 3.8) is 0 Å². The molecular formula is C24H44. The zero-order valence-electron chi connectivity index (χ0n) is 16.8. The van der Waals surface area contributed by atoms with E-state index in [1.807, 2.05) is 0 Å². The fraction of sp³-hybridized carbons (Fsp3) is 1.00. The molecule has 0 saturated heterocycles. The van der Waals surface area contributed by atoms with Gasteiger partial charge in [0.2, 0.25) is 0 Å². The maximum atomic E-state index is 2.51. The summed E-state index contributed by atoms with van der Waals surface area (Å²) in [6.07, 6.45) is 24.7. The van der Waals surface area contributed by atoms with E-state index in [4.69, 9.17) is 0 Å². The molecule has 0 aromatic rings. The molecule has 0 amide bonds. The van der Waals surface area contributed by atoms with Crippen LogP contribution in [0.25, 0.3) is 0 Å². The van der Waals surface area contributed by atoms with Crippen LogP contribution in [0.4, 0.5) is 0 Å². The monoisotopic (exact) mass is 332 g/mol. The Labute approximate surface area is 152 Å². The van der Waals surface area contributed by atoms with Gasteiger partial charge in [0.05, 0.1) is 0 Å². The summed E-state index contributed by atoms with van der Waals surface area (Å²) >= 11 is 0. The third-order valence-corrected chi connectivity index (χ3v) is 7.91. The zero-order chi connectivity index (χ0) is 16.8. The maximum absolute atomic E-state index is 2.51. The normalized spacial score (nSPS) is 42.8. The van der Waals surface area contributed by atoms with Crippen molar-refractivity contribution >= 4 is 0 Å². The van der Waals surface area contributed by atoms with Crippen molar-refractivity contribution in [2.75, 3.05) is 0 Å². The Kier molecular flexibility index (Phi) is 7.54. The van der Waals surface area contributed by atoms with Crippen LogP contribution in [0.1, 0.15) is 117 Å². The Morgan fingerprint density at radius 1 is 0.500 bits per heavy atom. The van der Waals surface area contributed by atoms with Crippen LogP contribution in [0.15, 0.2) is 0 Å². The van der Waals surface area contributed by atoms with Gasteiger partial charge in [-0.25, -0.2) is 0 Å². The van der Waals surface area contributed by atoms with E-state index in [0.29, 0.717) is 0 Å². The molecule has 3 saturated carbocycles. The molecule has 0 heteroatoms. The summed E-state index contributed by atoms with van der Waals surface area (Å²) in [5, 5.41) is 0. The van der Waals surface area contributed by atoms with E-state index < -0.39 is 0 Å². The van der Waals surface area contributed by atoms with Crippen LogP contribution in [0.2, 0.25) is 0 Å². The molecule has 3 fully saturated rings. The Bertz CT molecular complexity index is 346. The molecule has 0 aliphatic heterocycles. The van der Waals surface area contributed by atoms with Gasteiger partial charge in [0.25, 0.3) is 0 Å². The molecule has 0 radical (unpaired) electrons. The predicted molar refractivity (Wildman–Crippen MR) is 106 cm³/mol. The molecule has 2 bridgehead atoms. The third kappa shape index (κ3) is 6.06. The number of rotatable bonds is 2. The number of fused-ring (bicyclic) bond motifs is 2. The van der Waals surface area contributed by atoms with E-state index in [0.717, 1.165) is 35.5 Å². The van der Waals surface area contributed by atoms with Crippen molar-refractivity contribution in [2.45, 2.75) is 117 Å². The maximum Gasteiger partial charge on any atom is -0.0409 e. The fourth-order valence-corrected chi connectivity index (χ4v) is 6.41. The van der Waals surface area contributed by atoms with Gasteiger partial charge in [-0.3, -0.25) is 0 Å². The second-order valence-electron chi connectivity index (χ2n) is 10.3. The van der Waals surface area contributed by atoms with Crippen LogP contribution < -0.4 is 0 Å². The Balaban J connectivity index is 1.51. The minimum Gasteiger partial charge on any atom is -0.0625 e. The van der Waals surface area contributed by atoms with Gasteiger partial charge in [0.15, 0.2) is 0 Å². The van der Waals surface area contributed by atoms with E-state index in [9.17, 15) is 0 Å². The molecule has 0 heterocycles. The molecule has 3 aliphatic carbocycles. The lowest BCUT2D eigenvalue weighted by Gasteiger charge is -2.27. The molecule has 6 unspecified atom stereocenters. The first kappa shape index (κ1) is 18.8. The highest BCUT2D eigenvalue weighted by Crippen LogP contribution is 2.43. The van der Waals surface area contributed by atoms with E-state index in [1.165, 1.54) is 44.9 Å². The lowest BCUT2D eigenvalue weighted by molar-refractivity contribution is 0.251. The van der Waals surface area contributed by atoms with Crippen LogP contribution in [0.5, 0.6) is 0 Å². The molecule has 0 nitrogen and oxygen atoms in total. The quantitative estimate of drug-likeness (QED) is 0.480. The predicted octanol–water partition coefficient (Wildman–Crippen LogP) is 8.01. The van der Waals surface area contributed by atoms with Crippen LogP contribution in [0, 0.1) is 35.5 Å². The summed E-state index contributed by atoms with van der Waals surface area (Å²) in [6.45, 7) is 5.02. The molecule has 0 aromatic heterocycles. The van der Waals surface area contributed by atoms with E-state index in [1.54, 1.807) is 57.8 Å². The van der Waals surface area contributed by atoms with Gasteiger partial charge in [-0.1, -0.05) is 90.9 Å². The summed E-state index contributed by atoms with van der Waals surface area (Å²) in [6, 6.07) is 0. The first-order valence-electron chi connectivity index (χ1n) is 11.7. The minimum atomic E-state index is 0.990. The Morgan fingerprint density at radius 3 is 2.04 bits per heavy atom. The van der Waals surface area contributed by atoms with Crippen LogP contribution >= 0.6 is 0 Å². The average molecular weight is 333 g/mol. The third-order valence-electron chi connectivity index (χ3n) is 7.91. The van der Waals surface area contributed by atoms with Crippen molar-refractivity contribution in [3.05, 3.63) is 0 Å². The molecule has 24 heavy (non-hydrogen) atoms. The molecule has 0 N–H and O–H groups in total. The van der Waals surface area contributed by atoms with Gasteiger partial charge in [-0.15, -0.1) is 0 Å². The van der Waals surface area contributed by atoms with E-state index >= 15 is 0 Å². The van der Waals surface area contributed by atoms with Crippen molar-refractivity contribution in [2.24, 2.45) is 35.5 Å². The lowest BCUT2D eigenvalue weighted by atomic mass is 9.79. The van der Waals surface area contributed by atoms with Gasteiger partial charge >= 0.3 is 0 Å². The second kappa shape index (κ2) is 9.63. The molecule has 140 valence electrons. The lowest BCUT2D eigenvalue weighted by Crippen LogP contribution is -2.14. The SMILES string of the molecule is CC1CCCCCCC(CC2CCC3CC(C)CCC(C3)C2)CC1. The second-order valence-corrected chi connectivity index (χ2v) is 10.3. The fourth-order valence-electron chi connectivity index (χ4n) is 6.41.